The van der Waals surface area contributed by atoms with Crippen molar-refractivity contribution in [3.8, 4) is 0 Å². The van der Waals surface area contributed by atoms with Crippen LogP contribution in [0.25, 0.3) is 0 Å². The standard InChI is InChI=1S/C8H11N3O3S/c1-2-5(6(12)13)10-7(14)11-8-9-3-4-15-8/h3-5H,2H2,1H3,(H,12,13)(H2,9,10,11,14)/t5-/m1/s1. The highest BCUT2D eigenvalue weighted by Gasteiger charge is 2.17. The summed E-state index contributed by atoms with van der Waals surface area (Å²) in [5, 5.41) is 15.6. The quantitative estimate of drug-likeness (QED) is 0.721. The molecule has 0 aromatic carbocycles. The van der Waals surface area contributed by atoms with Crippen LogP contribution in [0.2, 0.25) is 0 Å². The van der Waals surface area contributed by atoms with E-state index in [0.29, 0.717) is 11.6 Å². The van der Waals surface area contributed by atoms with Gasteiger partial charge < -0.3 is 10.4 Å². The van der Waals surface area contributed by atoms with Crippen LogP contribution < -0.4 is 10.6 Å². The average molecular weight is 229 g/mol. The summed E-state index contributed by atoms with van der Waals surface area (Å²) in [5.74, 6) is -1.05. The Hall–Kier alpha value is -1.63. The number of carbonyl (C=O) groups is 2. The molecule has 0 aliphatic rings. The molecule has 2 amide bonds. The summed E-state index contributed by atoms with van der Waals surface area (Å²) in [6, 6.07) is -1.43. The van der Waals surface area contributed by atoms with Crippen molar-refractivity contribution in [1.82, 2.24) is 10.3 Å². The third-order valence-electron chi connectivity index (χ3n) is 1.66. The fourth-order valence-corrected chi connectivity index (χ4v) is 1.44. The molecule has 1 heterocycles. The second-order valence-corrected chi connectivity index (χ2v) is 3.63. The van der Waals surface area contributed by atoms with Crippen LogP contribution >= 0.6 is 11.3 Å². The third kappa shape index (κ3) is 3.55. The van der Waals surface area contributed by atoms with Gasteiger partial charge in [0.2, 0.25) is 0 Å². The minimum Gasteiger partial charge on any atom is -0.480 e. The van der Waals surface area contributed by atoms with Gasteiger partial charge in [-0.1, -0.05) is 6.92 Å². The molecule has 7 heteroatoms. The summed E-state index contributed by atoms with van der Waals surface area (Å²) < 4.78 is 0. The van der Waals surface area contributed by atoms with Crippen molar-refractivity contribution in [3.05, 3.63) is 11.6 Å². The number of anilines is 1. The monoisotopic (exact) mass is 229 g/mol. The number of carbonyl (C=O) groups excluding carboxylic acids is 1. The number of hydrogen-bond donors (Lipinski definition) is 3. The van der Waals surface area contributed by atoms with E-state index >= 15 is 0 Å². The summed E-state index contributed by atoms with van der Waals surface area (Å²) in [6.07, 6.45) is 1.88. The fraction of sp³-hybridized carbons (Fsp3) is 0.375. The van der Waals surface area contributed by atoms with E-state index in [-0.39, 0.29) is 0 Å². The number of urea groups is 1. The molecule has 0 spiro atoms. The first-order valence-electron chi connectivity index (χ1n) is 4.33. The highest BCUT2D eigenvalue weighted by Crippen LogP contribution is 2.09. The molecule has 0 aliphatic carbocycles. The molecule has 1 aromatic rings. The van der Waals surface area contributed by atoms with Crippen LogP contribution in [0.15, 0.2) is 11.6 Å². The number of carboxylic acid groups (broad SMARTS) is 1. The Morgan fingerprint density at radius 1 is 1.67 bits per heavy atom. The highest BCUT2D eigenvalue weighted by molar-refractivity contribution is 7.13. The molecule has 6 nitrogen and oxygen atoms in total. The van der Waals surface area contributed by atoms with Crippen molar-refractivity contribution in [2.45, 2.75) is 19.4 Å². The van der Waals surface area contributed by atoms with E-state index in [9.17, 15) is 9.59 Å². The smallest absolute Gasteiger partial charge is 0.326 e. The Morgan fingerprint density at radius 2 is 2.40 bits per heavy atom. The number of hydrogen-bond acceptors (Lipinski definition) is 4. The Bertz CT molecular complexity index is 339. The van der Waals surface area contributed by atoms with Gasteiger partial charge in [0, 0.05) is 11.6 Å². The van der Waals surface area contributed by atoms with Gasteiger partial charge in [0.25, 0.3) is 0 Å². The van der Waals surface area contributed by atoms with Crippen molar-refractivity contribution in [2.24, 2.45) is 0 Å². The molecule has 1 atom stereocenters. The Kier molecular flexibility index (Phi) is 4.04. The van der Waals surface area contributed by atoms with Gasteiger partial charge in [-0.05, 0) is 6.42 Å². The molecule has 0 fully saturated rings. The summed E-state index contributed by atoms with van der Waals surface area (Å²) >= 11 is 1.26. The van der Waals surface area contributed by atoms with Crippen LogP contribution in [-0.4, -0.2) is 28.1 Å². The van der Waals surface area contributed by atoms with Gasteiger partial charge in [-0.25, -0.2) is 14.6 Å². The van der Waals surface area contributed by atoms with E-state index < -0.39 is 18.0 Å². The zero-order valence-corrected chi connectivity index (χ0v) is 8.87. The van der Waals surface area contributed by atoms with Gasteiger partial charge in [-0.3, -0.25) is 5.32 Å². The van der Waals surface area contributed by atoms with Crippen molar-refractivity contribution >= 4 is 28.5 Å². The van der Waals surface area contributed by atoms with Gasteiger partial charge in [0.1, 0.15) is 6.04 Å². The molecule has 0 bridgehead atoms. The molecule has 1 aromatic heterocycles. The van der Waals surface area contributed by atoms with Crippen molar-refractivity contribution in [2.75, 3.05) is 5.32 Å². The average Bonchev–Trinajstić information content (AvgIpc) is 2.66. The molecule has 3 N–H and O–H groups in total. The first-order valence-corrected chi connectivity index (χ1v) is 5.21. The van der Waals surface area contributed by atoms with E-state index in [1.165, 1.54) is 11.3 Å². The van der Waals surface area contributed by atoms with Gasteiger partial charge in [-0.15, -0.1) is 11.3 Å². The van der Waals surface area contributed by atoms with E-state index in [0.717, 1.165) is 0 Å². The molecular weight excluding hydrogens is 218 g/mol. The van der Waals surface area contributed by atoms with Crippen LogP contribution in [0, 0.1) is 0 Å². The molecular formula is C8H11N3O3S. The van der Waals surface area contributed by atoms with Gasteiger partial charge in [-0.2, -0.15) is 0 Å². The minimum atomic E-state index is -1.05. The van der Waals surface area contributed by atoms with Crippen molar-refractivity contribution < 1.29 is 14.7 Å². The lowest BCUT2D eigenvalue weighted by molar-refractivity contribution is -0.139. The first kappa shape index (κ1) is 11.4. The lowest BCUT2D eigenvalue weighted by atomic mass is 10.2. The number of amides is 2. The van der Waals surface area contributed by atoms with E-state index in [1.54, 1.807) is 18.5 Å². The van der Waals surface area contributed by atoms with E-state index in [4.69, 9.17) is 5.11 Å². The Balaban J connectivity index is 2.45. The maximum atomic E-state index is 11.3. The van der Waals surface area contributed by atoms with Crippen molar-refractivity contribution in [3.63, 3.8) is 0 Å². The zero-order chi connectivity index (χ0) is 11.3. The molecule has 0 saturated heterocycles. The molecule has 0 radical (unpaired) electrons. The lowest BCUT2D eigenvalue weighted by Crippen LogP contribution is -2.42. The predicted octanol–water partition coefficient (Wildman–Crippen LogP) is 1.13. The molecule has 0 aliphatic heterocycles. The Labute approximate surface area is 90.3 Å². The number of aromatic nitrogens is 1. The topological polar surface area (TPSA) is 91.3 Å². The number of aliphatic carboxylic acids is 1. The third-order valence-corrected chi connectivity index (χ3v) is 2.35. The predicted molar refractivity (Wildman–Crippen MR) is 56.0 cm³/mol. The molecule has 1 rings (SSSR count). The fourth-order valence-electron chi connectivity index (χ4n) is 0.915. The summed E-state index contributed by atoms with van der Waals surface area (Å²) in [7, 11) is 0. The van der Waals surface area contributed by atoms with Crippen LogP contribution in [0.3, 0.4) is 0 Å². The minimum absolute atomic E-state index is 0.334. The maximum Gasteiger partial charge on any atom is 0.326 e. The Morgan fingerprint density at radius 3 is 2.87 bits per heavy atom. The molecule has 82 valence electrons. The SMILES string of the molecule is CC[C@@H](NC(=O)Nc1nccs1)C(=O)O. The highest BCUT2D eigenvalue weighted by atomic mass is 32.1. The summed E-state index contributed by atoms with van der Waals surface area (Å²) in [5.41, 5.74) is 0. The maximum absolute atomic E-state index is 11.3. The second kappa shape index (κ2) is 5.30. The zero-order valence-electron chi connectivity index (χ0n) is 8.06. The lowest BCUT2D eigenvalue weighted by Gasteiger charge is -2.11. The largest absolute Gasteiger partial charge is 0.480 e. The number of thiazole rings is 1. The van der Waals surface area contributed by atoms with Crippen LogP contribution in [0.1, 0.15) is 13.3 Å². The van der Waals surface area contributed by atoms with E-state index in [1.807, 2.05) is 0 Å². The van der Waals surface area contributed by atoms with Gasteiger partial charge in [0.15, 0.2) is 5.13 Å². The van der Waals surface area contributed by atoms with Crippen molar-refractivity contribution in [1.29, 1.82) is 0 Å². The van der Waals surface area contributed by atoms with Crippen LogP contribution in [0.5, 0.6) is 0 Å². The number of carboxylic acids is 1. The van der Waals surface area contributed by atoms with Crippen LogP contribution in [0.4, 0.5) is 9.93 Å². The number of rotatable bonds is 4. The molecule has 15 heavy (non-hydrogen) atoms. The van der Waals surface area contributed by atoms with Crippen LogP contribution in [-0.2, 0) is 4.79 Å². The first-order chi connectivity index (χ1) is 7.13. The number of nitrogens with zero attached hydrogens (tertiary/aromatic N) is 1. The summed E-state index contributed by atoms with van der Waals surface area (Å²) in [6.45, 7) is 1.68. The summed E-state index contributed by atoms with van der Waals surface area (Å²) in [4.78, 5) is 25.7. The second-order valence-electron chi connectivity index (χ2n) is 2.73. The molecule has 0 unspecified atom stereocenters. The van der Waals surface area contributed by atoms with E-state index in [2.05, 4.69) is 15.6 Å². The van der Waals surface area contributed by atoms with Gasteiger partial charge in [0.05, 0.1) is 0 Å². The molecule has 0 saturated carbocycles. The normalized spacial score (nSPS) is 11.8. The number of nitrogens with one attached hydrogen (secondary N) is 2. The van der Waals surface area contributed by atoms with Gasteiger partial charge >= 0.3 is 12.0 Å².